The molecule has 5 nitrogen and oxygen atoms in total. The van der Waals surface area contributed by atoms with Gasteiger partial charge in [-0.2, -0.15) is 0 Å². The lowest BCUT2D eigenvalue weighted by Gasteiger charge is -2.18. The molecule has 21 heavy (non-hydrogen) atoms. The van der Waals surface area contributed by atoms with Crippen LogP contribution in [0.1, 0.15) is 31.3 Å². The Balaban J connectivity index is 2.33. The predicted octanol–water partition coefficient (Wildman–Crippen LogP) is 3.39. The molecule has 0 bridgehead atoms. The number of aliphatic carboxylic acids is 1. The van der Waals surface area contributed by atoms with Crippen LogP contribution in [0.2, 0.25) is 0 Å². The number of nitrogens with zero attached hydrogens (tertiary/aromatic N) is 3. The van der Waals surface area contributed by atoms with E-state index >= 15 is 0 Å². The summed E-state index contributed by atoms with van der Waals surface area (Å²) in [6.45, 7) is 4.08. The van der Waals surface area contributed by atoms with Gasteiger partial charge in [-0.1, -0.05) is 46.7 Å². The zero-order chi connectivity index (χ0) is 15.4. The Labute approximate surface area is 135 Å². The molecule has 0 fully saturated rings. The number of carbonyl (C=O) groups is 1. The molecule has 2 rings (SSSR count). The molecule has 1 heterocycles. The summed E-state index contributed by atoms with van der Waals surface area (Å²) in [4.78, 5) is 10.8. The zero-order valence-electron chi connectivity index (χ0n) is 11.8. The van der Waals surface area contributed by atoms with Crippen molar-refractivity contribution < 1.29 is 9.90 Å². The first-order valence-electron chi connectivity index (χ1n) is 6.56. The number of carboxylic acids is 1. The van der Waals surface area contributed by atoms with Crippen molar-refractivity contribution in [2.75, 3.05) is 5.75 Å². The number of benzene rings is 1. The molecule has 0 aliphatic rings. The van der Waals surface area contributed by atoms with E-state index in [1.54, 1.807) is 0 Å². The highest BCUT2D eigenvalue weighted by molar-refractivity contribution is 9.10. The molecule has 112 valence electrons. The Bertz CT molecular complexity index is 628. The van der Waals surface area contributed by atoms with E-state index in [0.29, 0.717) is 5.16 Å². The van der Waals surface area contributed by atoms with Crippen LogP contribution < -0.4 is 0 Å². The molecule has 0 saturated heterocycles. The van der Waals surface area contributed by atoms with Gasteiger partial charge in [-0.15, -0.1) is 10.2 Å². The minimum atomic E-state index is -0.858. The fraction of sp³-hybridized carbons (Fsp3) is 0.357. The number of hydrogen-bond donors (Lipinski definition) is 1. The van der Waals surface area contributed by atoms with Crippen LogP contribution in [0.3, 0.4) is 0 Å². The fourth-order valence-corrected chi connectivity index (χ4v) is 3.07. The minimum Gasteiger partial charge on any atom is -0.481 e. The third kappa shape index (κ3) is 3.85. The molecule has 0 spiro atoms. The van der Waals surface area contributed by atoms with E-state index in [-0.39, 0.29) is 11.8 Å². The summed E-state index contributed by atoms with van der Waals surface area (Å²) in [5.74, 6) is -0.0169. The molecule has 1 aromatic heterocycles. The van der Waals surface area contributed by atoms with Gasteiger partial charge in [0.15, 0.2) is 5.16 Å². The van der Waals surface area contributed by atoms with E-state index in [1.165, 1.54) is 11.8 Å². The first-order chi connectivity index (χ1) is 10.0. The van der Waals surface area contributed by atoms with Crippen molar-refractivity contribution >= 4 is 33.7 Å². The molecule has 0 amide bonds. The lowest BCUT2D eigenvalue weighted by atomic mass is 10.1. The number of aryl methyl sites for hydroxylation is 1. The van der Waals surface area contributed by atoms with Crippen molar-refractivity contribution in [1.29, 1.82) is 0 Å². The molecular weight excluding hydrogens is 354 g/mol. The fourth-order valence-electron chi connectivity index (χ4n) is 2.05. The van der Waals surface area contributed by atoms with Gasteiger partial charge < -0.3 is 5.11 Å². The van der Waals surface area contributed by atoms with Gasteiger partial charge in [0.2, 0.25) is 0 Å². The number of carboxylic acid groups (broad SMARTS) is 1. The molecule has 0 aliphatic heterocycles. The average Bonchev–Trinajstić information content (AvgIpc) is 2.88. The second kappa shape index (κ2) is 7.09. The number of aromatic nitrogens is 3. The summed E-state index contributed by atoms with van der Waals surface area (Å²) in [6.07, 6.45) is 0.751. The van der Waals surface area contributed by atoms with Gasteiger partial charge in [0.05, 0.1) is 11.8 Å². The molecule has 1 aromatic carbocycles. The van der Waals surface area contributed by atoms with Crippen LogP contribution in [-0.2, 0) is 11.2 Å². The first-order valence-corrected chi connectivity index (χ1v) is 8.34. The van der Waals surface area contributed by atoms with Crippen LogP contribution in [-0.4, -0.2) is 31.6 Å². The van der Waals surface area contributed by atoms with Crippen molar-refractivity contribution in [3.63, 3.8) is 0 Å². The Morgan fingerprint density at radius 3 is 2.62 bits per heavy atom. The molecule has 1 atom stereocenters. The van der Waals surface area contributed by atoms with E-state index in [0.717, 1.165) is 22.3 Å². The Morgan fingerprint density at radius 2 is 2.05 bits per heavy atom. The van der Waals surface area contributed by atoms with Gasteiger partial charge >= 0.3 is 5.97 Å². The molecule has 0 saturated carbocycles. The maximum Gasteiger partial charge on any atom is 0.313 e. The van der Waals surface area contributed by atoms with Crippen LogP contribution in [0.4, 0.5) is 0 Å². The lowest BCUT2D eigenvalue weighted by molar-refractivity contribution is -0.133. The highest BCUT2D eigenvalue weighted by Gasteiger charge is 2.18. The molecule has 2 aromatic rings. The highest BCUT2D eigenvalue weighted by Crippen LogP contribution is 2.27. The largest absolute Gasteiger partial charge is 0.481 e. The highest BCUT2D eigenvalue weighted by atomic mass is 79.9. The Hall–Kier alpha value is -1.34. The topological polar surface area (TPSA) is 68.0 Å². The van der Waals surface area contributed by atoms with Crippen molar-refractivity contribution in [3.05, 3.63) is 40.1 Å². The smallest absolute Gasteiger partial charge is 0.313 e. The van der Waals surface area contributed by atoms with Gasteiger partial charge in [0.25, 0.3) is 0 Å². The third-order valence-corrected chi connectivity index (χ3v) is 4.57. The molecule has 0 radical (unpaired) electrons. The van der Waals surface area contributed by atoms with Crippen molar-refractivity contribution in [2.45, 2.75) is 31.5 Å². The molecule has 7 heteroatoms. The Morgan fingerprint density at radius 1 is 1.38 bits per heavy atom. The van der Waals surface area contributed by atoms with E-state index in [4.69, 9.17) is 5.11 Å². The standard InChI is InChI=1S/C14H16BrN3O2S/c1-3-12-16-17-14(21-8-13(19)20)18(12)9(2)10-4-6-11(15)7-5-10/h4-7,9H,3,8H2,1-2H3,(H,19,20). The van der Waals surface area contributed by atoms with Gasteiger partial charge in [0.1, 0.15) is 5.82 Å². The van der Waals surface area contributed by atoms with Crippen LogP contribution in [0.15, 0.2) is 33.9 Å². The van der Waals surface area contributed by atoms with Crippen molar-refractivity contribution in [3.8, 4) is 0 Å². The number of hydrogen-bond acceptors (Lipinski definition) is 4. The lowest BCUT2D eigenvalue weighted by Crippen LogP contribution is -2.12. The van der Waals surface area contributed by atoms with Gasteiger partial charge in [-0.3, -0.25) is 9.36 Å². The molecule has 1 unspecified atom stereocenters. The number of halogens is 1. The summed E-state index contributed by atoms with van der Waals surface area (Å²) in [7, 11) is 0. The normalized spacial score (nSPS) is 12.3. The van der Waals surface area contributed by atoms with Crippen LogP contribution in [0.5, 0.6) is 0 Å². The average molecular weight is 370 g/mol. The second-order valence-electron chi connectivity index (χ2n) is 4.53. The van der Waals surface area contributed by atoms with E-state index in [1.807, 2.05) is 35.8 Å². The van der Waals surface area contributed by atoms with Crippen LogP contribution >= 0.6 is 27.7 Å². The quantitative estimate of drug-likeness (QED) is 0.790. The second-order valence-corrected chi connectivity index (χ2v) is 6.39. The Kier molecular flexibility index (Phi) is 5.41. The van der Waals surface area contributed by atoms with Gasteiger partial charge in [0, 0.05) is 10.9 Å². The summed E-state index contributed by atoms with van der Waals surface area (Å²) >= 11 is 4.62. The molecule has 0 aliphatic carbocycles. The maximum absolute atomic E-state index is 10.8. The minimum absolute atomic E-state index is 0.0189. The molecular formula is C14H16BrN3O2S. The van der Waals surface area contributed by atoms with E-state index < -0.39 is 5.97 Å². The zero-order valence-corrected chi connectivity index (χ0v) is 14.2. The summed E-state index contributed by atoms with van der Waals surface area (Å²) < 4.78 is 3.04. The molecule has 1 N–H and O–H groups in total. The predicted molar refractivity (Wildman–Crippen MR) is 85.7 cm³/mol. The van der Waals surface area contributed by atoms with Crippen molar-refractivity contribution in [1.82, 2.24) is 14.8 Å². The number of thioether (sulfide) groups is 1. The summed E-state index contributed by atoms with van der Waals surface area (Å²) in [5, 5.41) is 17.8. The number of rotatable bonds is 6. The third-order valence-electron chi connectivity index (χ3n) is 3.12. The summed E-state index contributed by atoms with van der Waals surface area (Å²) in [6, 6.07) is 8.12. The van der Waals surface area contributed by atoms with Crippen LogP contribution in [0, 0.1) is 0 Å². The van der Waals surface area contributed by atoms with E-state index in [2.05, 4.69) is 33.1 Å². The maximum atomic E-state index is 10.8. The monoisotopic (exact) mass is 369 g/mol. The van der Waals surface area contributed by atoms with Gasteiger partial charge in [-0.25, -0.2) is 0 Å². The SMILES string of the molecule is CCc1nnc(SCC(=O)O)n1C(C)c1ccc(Br)cc1. The van der Waals surface area contributed by atoms with Crippen LogP contribution in [0.25, 0.3) is 0 Å². The van der Waals surface area contributed by atoms with Crippen molar-refractivity contribution in [2.24, 2.45) is 0 Å². The first kappa shape index (κ1) is 16.0. The summed E-state index contributed by atoms with van der Waals surface area (Å²) in [5.41, 5.74) is 1.13. The van der Waals surface area contributed by atoms with Gasteiger partial charge in [-0.05, 0) is 24.6 Å². The van der Waals surface area contributed by atoms with E-state index in [9.17, 15) is 4.79 Å².